The molecule has 1 amide bonds. The maximum Gasteiger partial charge on any atom is 0.251 e. The Kier molecular flexibility index (Phi) is 7.66. The maximum atomic E-state index is 12.3. The van der Waals surface area contributed by atoms with E-state index in [1.54, 1.807) is 6.20 Å². The highest BCUT2D eigenvalue weighted by atomic mass is 16.5. The van der Waals surface area contributed by atoms with Crippen LogP contribution in [0.5, 0.6) is 5.75 Å². The number of piperidine rings is 1. The van der Waals surface area contributed by atoms with Gasteiger partial charge in [-0.3, -0.25) is 14.7 Å². The van der Waals surface area contributed by atoms with Crippen LogP contribution in [0.3, 0.4) is 0 Å². The van der Waals surface area contributed by atoms with Gasteiger partial charge in [-0.2, -0.15) is 0 Å². The van der Waals surface area contributed by atoms with Crippen LogP contribution in [-0.2, 0) is 6.54 Å². The number of aromatic nitrogens is 1. The lowest BCUT2D eigenvalue weighted by Gasteiger charge is -2.31. The molecule has 1 aliphatic rings. The topological polar surface area (TPSA) is 54.5 Å². The van der Waals surface area contributed by atoms with Crippen LogP contribution in [0.4, 0.5) is 0 Å². The fraction of sp³-hybridized carbons (Fsp3) is 0.259. The highest BCUT2D eigenvalue weighted by Gasteiger charge is 2.19. The fourth-order valence-electron chi connectivity index (χ4n) is 3.76. The van der Waals surface area contributed by atoms with Crippen molar-refractivity contribution in [2.24, 2.45) is 0 Å². The van der Waals surface area contributed by atoms with Gasteiger partial charge in [0.15, 0.2) is 0 Å². The first-order chi connectivity index (χ1) is 15.8. The van der Waals surface area contributed by atoms with Crippen LogP contribution in [-0.4, -0.2) is 41.5 Å². The summed E-state index contributed by atoms with van der Waals surface area (Å²) >= 11 is 0. The Balaban J connectivity index is 1.19. The zero-order valence-corrected chi connectivity index (χ0v) is 18.2. The van der Waals surface area contributed by atoms with Gasteiger partial charge in [0.25, 0.3) is 5.91 Å². The van der Waals surface area contributed by atoms with Gasteiger partial charge >= 0.3 is 0 Å². The summed E-state index contributed by atoms with van der Waals surface area (Å²) in [7, 11) is 0. The Morgan fingerprint density at radius 2 is 1.75 bits per heavy atom. The molecule has 2 heterocycles. The minimum Gasteiger partial charge on any atom is -0.490 e. The number of benzene rings is 2. The van der Waals surface area contributed by atoms with Crippen LogP contribution in [0, 0.1) is 0 Å². The predicted molar refractivity (Wildman–Crippen MR) is 127 cm³/mol. The lowest BCUT2D eigenvalue weighted by molar-refractivity contribution is 0.0950. The molecule has 4 rings (SSSR count). The lowest BCUT2D eigenvalue weighted by Crippen LogP contribution is -2.38. The quantitative estimate of drug-likeness (QED) is 0.572. The Bertz CT molecular complexity index is 996. The molecule has 0 spiro atoms. The molecule has 1 aromatic heterocycles. The maximum absolute atomic E-state index is 12.3. The number of likely N-dealkylation sites (tertiary alicyclic amines) is 1. The van der Waals surface area contributed by atoms with E-state index >= 15 is 0 Å². The van der Waals surface area contributed by atoms with Gasteiger partial charge in [0.2, 0.25) is 0 Å². The van der Waals surface area contributed by atoms with E-state index in [9.17, 15) is 4.79 Å². The molecule has 0 atom stereocenters. The molecule has 164 valence electrons. The van der Waals surface area contributed by atoms with Crippen molar-refractivity contribution in [3.63, 3.8) is 0 Å². The molecule has 1 saturated heterocycles. The molecule has 0 radical (unpaired) electrons. The van der Waals surface area contributed by atoms with Gasteiger partial charge < -0.3 is 10.1 Å². The molecule has 0 aliphatic carbocycles. The first-order valence-corrected chi connectivity index (χ1v) is 11.1. The standard InChI is InChI=1S/C27H29N3O2/c31-27(29-21-24-10-4-5-17-28-24)23-11-13-25(14-12-23)32-26-15-19-30(20-16-26)18-6-9-22-7-2-1-3-8-22/h1-14,17,26H,15-16,18-21H2,(H,29,31)/b9-6+. The molecule has 5 heteroatoms. The van der Waals surface area contributed by atoms with Crippen molar-refractivity contribution in [3.05, 3.63) is 102 Å². The highest BCUT2D eigenvalue weighted by Crippen LogP contribution is 2.20. The van der Waals surface area contributed by atoms with E-state index in [4.69, 9.17) is 4.74 Å². The first-order valence-electron chi connectivity index (χ1n) is 11.1. The van der Waals surface area contributed by atoms with Gasteiger partial charge in [-0.15, -0.1) is 0 Å². The average molecular weight is 428 g/mol. The van der Waals surface area contributed by atoms with Crippen molar-refractivity contribution in [2.45, 2.75) is 25.5 Å². The molecule has 3 aromatic rings. The number of nitrogens with zero attached hydrogens (tertiary/aromatic N) is 2. The molecule has 0 bridgehead atoms. The number of hydrogen-bond donors (Lipinski definition) is 1. The van der Waals surface area contributed by atoms with E-state index in [-0.39, 0.29) is 12.0 Å². The van der Waals surface area contributed by atoms with Crippen LogP contribution in [0.1, 0.15) is 34.5 Å². The van der Waals surface area contributed by atoms with Crippen LogP contribution >= 0.6 is 0 Å². The Labute approximate surface area is 189 Å². The van der Waals surface area contributed by atoms with Gasteiger partial charge in [0, 0.05) is 31.4 Å². The van der Waals surface area contributed by atoms with Gasteiger partial charge in [-0.25, -0.2) is 0 Å². The van der Waals surface area contributed by atoms with E-state index in [1.807, 2.05) is 48.5 Å². The van der Waals surface area contributed by atoms with Crippen molar-refractivity contribution < 1.29 is 9.53 Å². The fourth-order valence-corrected chi connectivity index (χ4v) is 3.76. The highest BCUT2D eigenvalue weighted by molar-refractivity contribution is 5.94. The Morgan fingerprint density at radius 1 is 1.00 bits per heavy atom. The molecule has 0 unspecified atom stereocenters. The van der Waals surface area contributed by atoms with E-state index in [0.29, 0.717) is 12.1 Å². The van der Waals surface area contributed by atoms with E-state index in [1.165, 1.54) is 5.56 Å². The normalized spacial score (nSPS) is 15.0. The average Bonchev–Trinajstić information content (AvgIpc) is 2.85. The number of amides is 1. The number of carbonyl (C=O) groups excluding carboxylic acids is 1. The smallest absolute Gasteiger partial charge is 0.251 e. The summed E-state index contributed by atoms with van der Waals surface area (Å²) in [6, 6.07) is 23.4. The summed E-state index contributed by atoms with van der Waals surface area (Å²) in [6.07, 6.45) is 8.36. The number of ether oxygens (including phenoxy) is 1. The zero-order valence-electron chi connectivity index (χ0n) is 18.2. The van der Waals surface area contributed by atoms with E-state index < -0.39 is 0 Å². The zero-order chi connectivity index (χ0) is 22.0. The van der Waals surface area contributed by atoms with Gasteiger partial charge in [0.1, 0.15) is 11.9 Å². The van der Waals surface area contributed by atoms with Gasteiger partial charge in [-0.1, -0.05) is 48.6 Å². The van der Waals surface area contributed by atoms with Crippen LogP contribution in [0.15, 0.2) is 85.1 Å². The van der Waals surface area contributed by atoms with Crippen molar-refractivity contribution in [3.8, 4) is 5.75 Å². The molecule has 32 heavy (non-hydrogen) atoms. The molecular weight excluding hydrogens is 398 g/mol. The summed E-state index contributed by atoms with van der Waals surface area (Å²) in [6.45, 7) is 3.43. The number of carbonyl (C=O) groups is 1. The second kappa shape index (κ2) is 11.3. The first kappa shape index (κ1) is 21.8. The largest absolute Gasteiger partial charge is 0.490 e. The monoisotopic (exact) mass is 427 g/mol. The van der Waals surface area contributed by atoms with Crippen LogP contribution < -0.4 is 10.1 Å². The van der Waals surface area contributed by atoms with Crippen LogP contribution in [0.25, 0.3) is 6.08 Å². The van der Waals surface area contributed by atoms with Gasteiger partial charge in [0.05, 0.1) is 12.2 Å². The Morgan fingerprint density at radius 3 is 2.47 bits per heavy atom. The SMILES string of the molecule is O=C(NCc1ccccn1)c1ccc(OC2CCN(C/C=C/c3ccccc3)CC2)cc1. The number of rotatable bonds is 8. The van der Waals surface area contributed by atoms with Crippen molar-refractivity contribution in [1.29, 1.82) is 0 Å². The third-order valence-corrected chi connectivity index (χ3v) is 5.58. The summed E-state index contributed by atoms with van der Waals surface area (Å²) in [5, 5.41) is 2.89. The van der Waals surface area contributed by atoms with Gasteiger partial charge in [-0.05, 0) is 54.8 Å². The number of pyridine rings is 1. The number of nitrogens with one attached hydrogen (secondary N) is 1. The minimum atomic E-state index is -0.112. The van der Waals surface area contributed by atoms with Crippen molar-refractivity contribution in [2.75, 3.05) is 19.6 Å². The second-order valence-corrected chi connectivity index (χ2v) is 7.96. The molecule has 5 nitrogen and oxygen atoms in total. The third-order valence-electron chi connectivity index (χ3n) is 5.58. The summed E-state index contributed by atoms with van der Waals surface area (Å²) in [5.41, 5.74) is 2.69. The predicted octanol–water partition coefficient (Wildman–Crippen LogP) is 4.57. The van der Waals surface area contributed by atoms with Crippen LogP contribution in [0.2, 0.25) is 0 Å². The summed E-state index contributed by atoms with van der Waals surface area (Å²) < 4.78 is 6.16. The lowest BCUT2D eigenvalue weighted by atomic mass is 10.1. The molecule has 2 aromatic carbocycles. The molecule has 1 aliphatic heterocycles. The van der Waals surface area contributed by atoms with E-state index in [2.05, 4.69) is 51.6 Å². The molecule has 1 fully saturated rings. The minimum absolute atomic E-state index is 0.112. The Hall–Kier alpha value is -3.44. The molecule has 0 saturated carbocycles. The summed E-state index contributed by atoms with van der Waals surface area (Å²) in [4.78, 5) is 19.0. The van der Waals surface area contributed by atoms with Crippen molar-refractivity contribution >= 4 is 12.0 Å². The third kappa shape index (κ3) is 6.53. The number of hydrogen-bond acceptors (Lipinski definition) is 4. The van der Waals surface area contributed by atoms with E-state index in [0.717, 1.165) is 43.9 Å². The molecule has 1 N–H and O–H groups in total. The second-order valence-electron chi connectivity index (χ2n) is 7.96. The van der Waals surface area contributed by atoms with Crippen molar-refractivity contribution in [1.82, 2.24) is 15.2 Å². The summed E-state index contributed by atoms with van der Waals surface area (Å²) in [5.74, 6) is 0.702. The molecular formula is C27H29N3O2.